The van der Waals surface area contributed by atoms with E-state index in [4.69, 9.17) is 4.42 Å². The first-order valence-corrected chi connectivity index (χ1v) is 9.86. The van der Waals surface area contributed by atoms with Gasteiger partial charge in [-0.1, -0.05) is 38.1 Å². The van der Waals surface area contributed by atoms with Crippen LogP contribution in [-0.4, -0.2) is 20.6 Å². The summed E-state index contributed by atoms with van der Waals surface area (Å²) in [5.41, 5.74) is 2.16. The van der Waals surface area contributed by atoms with Crippen LogP contribution < -0.4 is 5.32 Å². The molecule has 0 aliphatic rings. The van der Waals surface area contributed by atoms with Crippen LogP contribution in [0.15, 0.2) is 40.8 Å². The molecule has 0 bridgehead atoms. The van der Waals surface area contributed by atoms with E-state index in [1.54, 1.807) is 0 Å². The van der Waals surface area contributed by atoms with E-state index in [0.29, 0.717) is 0 Å². The zero-order chi connectivity index (χ0) is 17.9. The van der Waals surface area contributed by atoms with Gasteiger partial charge < -0.3 is 9.73 Å². The van der Waals surface area contributed by atoms with E-state index in [1.807, 2.05) is 45.0 Å². The lowest BCUT2D eigenvalue weighted by atomic mass is 9.92. The molecule has 1 aromatic heterocycles. The van der Waals surface area contributed by atoms with E-state index >= 15 is 0 Å². The minimum atomic E-state index is -3.20. The van der Waals surface area contributed by atoms with Crippen molar-refractivity contribution in [2.75, 3.05) is 6.26 Å². The molecule has 24 heavy (non-hydrogen) atoms. The second-order valence-electron chi connectivity index (χ2n) is 6.39. The quantitative estimate of drug-likeness (QED) is 0.868. The Morgan fingerprint density at radius 1 is 1.17 bits per heavy atom. The molecule has 2 rings (SSSR count). The lowest BCUT2D eigenvalue weighted by molar-refractivity contribution is 0.0895. The van der Waals surface area contributed by atoms with Crippen LogP contribution in [0.5, 0.6) is 0 Å². The van der Waals surface area contributed by atoms with Crippen LogP contribution in [0.4, 0.5) is 0 Å². The summed E-state index contributed by atoms with van der Waals surface area (Å²) in [6.07, 6.45) is 1.13. The summed E-state index contributed by atoms with van der Waals surface area (Å²) in [5.74, 6) is 0.0100. The number of hydrogen-bond acceptors (Lipinski definition) is 4. The number of sulfone groups is 1. The summed E-state index contributed by atoms with van der Waals surface area (Å²) in [4.78, 5) is 12.5. The molecule has 0 unspecified atom stereocenters. The molecule has 130 valence electrons. The van der Waals surface area contributed by atoms with E-state index in [0.717, 1.165) is 17.4 Å². The first-order chi connectivity index (χ1) is 11.2. The first kappa shape index (κ1) is 18.3. The molecular formula is C18H23NO4S. The zero-order valence-corrected chi connectivity index (χ0v) is 15.2. The van der Waals surface area contributed by atoms with Gasteiger partial charge in [-0.25, -0.2) is 8.42 Å². The molecule has 1 N–H and O–H groups in total. The Kier molecular flexibility index (Phi) is 5.49. The summed E-state index contributed by atoms with van der Waals surface area (Å²) in [6, 6.07) is 10.8. The molecule has 0 saturated carbocycles. The number of rotatable bonds is 6. The molecule has 0 fully saturated rings. The van der Waals surface area contributed by atoms with Crippen molar-refractivity contribution in [3.8, 4) is 0 Å². The summed E-state index contributed by atoms with van der Waals surface area (Å²) < 4.78 is 28.0. The number of amides is 1. The monoisotopic (exact) mass is 349 g/mol. The molecule has 0 aliphatic carbocycles. The molecule has 0 spiro atoms. The van der Waals surface area contributed by atoms with Gasteiger partial charge in [-0.3, -0.25) is 4.79 Å². The van der Waals surface area contributed by atoms with Gasteiger partial charge in [0.1, 0.15) is 11.5 Å². The van der Waals surface area contributed by atoms with Gasteiger partial charge in [0.15, 0.2) is 15.6 Å². The Morgan fingerprint density at radius 2 is 1.83 bits per heavy atom. The fourth-order valence-electron chi connectivity index (χ4n) is 2.59. The molecule has 1 heterocycles. The number of hydrogen-bond donors (Lipinski definition) is 1. The molecule has 0 aliphatic heterocycles. The SMILES string of the molecule is Cc1ccccc1[C@@H](NC(=O)c1ccc(CS(C)(=O)=O)o1)C(C)C. The maximum atomic E-state index is 12.5. The highest BCUT2D eigenvalue weighted by Gasteiger charge is 2.22. The number of carbonyl (C=O) groups is 1. The largest absolute Gasteiger partial charge is 0.455 e. The van der Waals surface area contributed by atoms with Crippen LogP contribution >= 0.6 is 0 Å². The third-order valence-electron chi connectivity index (χ3n) is 3.77. The van der Waals surface area contributed by atoms with Crippen LogP contribution in [0.25, 0.3) is 0 Å². The fourth-order valence-corrected chi connectivity index (χ4v) is 3.26. The highest BCUT2D eigenvalue weighted by molar-refractivity contribution is 7.89. The summed E-state index contributed by atoms with van der Waals surface area (Å²) in [7, 11) is -3.20. The van der Waals surface area contributed by atoms with E-state index in [-0.39, 0.29) is 35.1 Å². The first-order valence-electron chi connectivity index (χ1n) is 7.80. The van der Waals surface area contributed by atoms with Crippen molar-refractivity contribution in [2.24, 2.45) is 5.92 Å². The lowest BCUT2D eigenvalue weighted by Gasteiger charge is -2.24. The molecule has 1 amide bonds. The topological polar surface area (TPSA) is 76.4 Å². The van der Waals surface area contributed by atoms with Gasteiger partial charge >= 0.3 is 0 Å². The smallest absolute Gasteiger partial charge is 0.287 e. The van der Waals surface area contributed by atoms with Gasteiger partial charge in [0.2, 0.25) is 0 Å². The normalized spacial score (nSPS) is 13.0. The van der Waals surface area contributed by atoms with E-state index in [2.05, 4.69) is 5.32 Å². The van der Waals surface area contributed by atoms with E-state index in [9.17, 15) is 13.2 Å². The van der Waals surface area contributed by atoms with Gasteiger partial charge in [-0.05, 0) is 36.1 Å². The fraction of sp³-hybridized carbons (Fsp3) is 0.389. The van der Waals surface area contributed by atoms with Crippen molar-refractivity contribution in [3.05, 3.63) is 59.0 Å². The molecular weight excluding hydrogens is 326 g/mol. The minimum absolute atomic E-state index is 0.118. The standard InChI is InChI=1S/C18H23NO4S/c1-12(2)17(15-8-6-5-7-13(15)3)19-18(20)16-10-9-14(23-16)11-24(4,21)22/h5-10,12,17H,11H2,1-4H3,(H,19,20)/t17-/m0/s1. The summed E-state index contributed by atoms with van der Waals surface area (Å²) >= 11 is 0. The highest BCUT2D eigenvalue weighted by Crippen LogP contribution is 2.25. The molecule has 0 saturated heterocycles. The third-order valence-corrected chi connectivity index (χ3v) is 4.58. The molecule has 6 heteroatoms. The Labute approximate surface area is 143 Å². The predicted molar refractivity (Wildman–Crippen MR) is 93.5 cm³/mol. The second kappa shape index (κ2) is 7.21. The van der Waals surface area contributed by atoms with Gasteiger partial charge in [-0.2, -0.15) is 0 Å². The third kappa shape index (κ3) is 4.71. The number of carbonyl (C=O) groups excluding carboxylic acids is 1. The second-order valence-corrected chi connectivity index (χ2v) is 8.53. The summed E-state index contributed by atoms with van der Waals surface area (Å²) in [6.45, 7) is 6.08. The van der Waals surface area contributed by atoms with Crippen LogP contribution in [-0.2, 0) is 15.6 Å². The Morgan fingerprint density at radius 3 is 2.42 bits per heavy atom. The Hall–Kier alpha value is -2.08. The van der Waals surface area contributed by atoms with Crippen LogP contribution in [0.2, 0.25) is 0 Å². The lowest BCUT2D eigenvalue weighted by Crippen LogP contribution is -2.32. The van der Waals surface area contributed by atoms with E-state index in [1.165, 1.54) is 12.1 Å². The molecule has 1 aromatic carbocycles. The van der Waals surface area contributed by atoms with E-state index < -0.39 is 9.84 Å². The number of aryl methyl sites for hydroxylation is 1. The molecule has 0 radical (unpaired) electrons. The maximum Gasteiger partial charge on any atom is 0.287 e. The van der Waals surface area contributed by atoms with Crippen LogP contribution in [0.1, 0.15) is 47.3 Å². The highest BCUT2D eigenvalue weighted by atomic mass is 32.2. The van der Waals surface area contributed by atoms with Gasteiger partial charge in [0.05, 0.1) is 6.04 Å². The number of nitrogens with one attached hydrogen (secondary N) is 1. The van der Waals surface area contributed by atoms with Crippen molar-refractivity contribution in [1.82, 2.24) is 5.32 Å². The Balaban J connectivity index is 2.19. The Bertz CT molecular complexity index is 821. The van der Waals surface area contributed by atoms with Crippen molar-refractivity contribution < 1.29 is 17.6 Å². The van der Waals surface area contributed by atoms with Gasteiger partial charge in [0, 0.05) is 6.26 Å². The van der Waals surface area contributed by atoms with Crippen LogP contribution in [0, 0.1) is 12.8 Å². The number of furan rings is 1. The minimum Gasteiger partial charge on any atom is -0.455 e. The maximum absolute atomic E-state index is 12.5. The average Bonchev–Trinajstić information content (AvgIpc) is 2.91. The predicted octanol–water partition coefficient (Wildman–Crippen LogP) is 3.26. The van der Waals surface area contributed by atoms with Crippen molar-refractivity contribution in [3.63, 3.8) is 0 Å². The van der Waals surface area contributed by atoms with Gasteiger partial charge in [-0.15, -0.1) is 0 Å². The van der Waals surface area contributed by atoms with Gasteiger partial charge in [0.25, 0.3) is 5.91 Å². The average molecular weight is 349 g/mol. The summed E-state index contributed by atoms with van der Waals surface area (Å²) in [5, 5.41) is 2.98. The number of benzene rings is 1. The van der Waals surface area contributed by atoms with Crippen molar-refractivity contribution in [1.29, 1.82) is 0 Å². The van der Waals surface area contributed by atoms with Crippen molar-refractivity contribution in [2.45, 2.75) is 32.6 Å². The molecule has 5 nitrogen and oxygen atoms in total. The zero-order valence-electron chi connectivity index (χ0n) is 14.4. The van der Waals surface area contributed by atoms with Crippen LogP contribution in [0.3, 0.4) is 0 Å². The molecule has 1 atom stereocenters. The van der Waals surface area contributed by atoms with Crippen molar-refractivity contribution >= 4 is 15.7 Å². The molecule has 2 aromatic rings.